The molecule has 0 atom stereocenters. The largest absolute Gasteiger partial charge is 0.378 e. The van der Waals surface area contributed by atoms with Crippen molar-refractivity contribution in [3.8, 4) is 5.75 Å². The highest BCUT2D eigenvalue weighted by Gasteiger charge is 2.11. The maximum Gasteiger partial charge on any atom is 0.171 e. The second-order valence-electron chi connectivity index (χ2n) is 4.62. The van der Waals surface area contributed by atoms with Crippen LogP contribution >= 0.6 is 0 Å². The lowest BCUT2D eigenvalue weighted by molar-refractivity contribution is -0.194. The molecule has 0 spiro atoms. The molecule has 0 aliphatic carbocycles. The first-order chi connectivity index (χ1) is 10.4. The van der Waals surface area contributed by atoms with E-state index in [4.69, 9.17) is 14.5 Å². The molecule has 0 unspecified atom stereocenters. The minimum atomic E-state index is 0.580. The number of hydrogen-bond donors (Lipinski definition) is 0. The predicted octanol–water partition coefficient (Wildman–Crippen LogP) is 1.82. The van der Waals surface area contributed by atoms with Crippen molar-refractivity contribution in [2.75, 3.05) is 31.2 Å². The Morgan fingerprint density at radius 2 is 1.90 bits per heavy atom. The van der Waals surface area contributed by atoms with Gasteiger partial charge < -0.3 is 14.5 Å². The molecule has 1 aromatic heterocycles. The Kier molecular flexibility index (Phi) is 4.60. The number of aromatic nitrogens is 2. The van der Waals surface area contributed by atoms with E-state index >= 15 is 0 Å². The van der Waals surface area contributed by atoms with Gasteiger partial charge in [-0.3, -0.25) is 0 Å². The minimum absolute atomic E-state index is 0.580. The molecule has 0 saturated carbocycles. The van der Waals surface area contributed by atoms with Crippen molar-refractivity contribution in [3.05, 3.63) is 48.4 Å². The van der Waals surface area contributed by atoms with E-state index in [9.17, 15) is 0 Å². The number of benzene rings is 1. The van der Waals surface area contributed by atoms with Crippen LogP contribution < -0.4 is 9.79 Å². The van der Waals surface area contributed by atoms with E-state index in [1.54, 1.807) is 12.5 Å². The number of anilines is 1. The summed E-state index contributed by atoms with van der Waals surface area (Å²) in [5, 5.41) is 0. The molecule has 110 valence electrons. The number of ether oxygens (including phenoxy) is 1. The second kappa shape index (κ2) is 7.01. The topological polar surface area (TPSA) is 56.7 Å². The van der Waals surface area contributed by atoms with Crippen LogP contribution in [0.15, 0.2) is 42.9 Å². The second-order valence-corrected chi connectivity index (χ2v) is 4.62. The molecule has 0 N–H and O–H groups in total. The van der Waals surface area contributed by atoms with Gasteiger partial charge in [0.2, 0.25) is 0 Å². The molecule has 0 amide bonds. The van der Waals surface area contributed by atoms with Gasteiger partial charge in [-0.2, -0.15) is 4.89 Å². The molecule has 0 radical (unpaired) electrons. The van der Waals surface area contributed by atoms with Crippen molar-refractivity contribution in [1.29, 1.82) is 0 Å². The molecule has 4 rings (SSSR count). The van der Waals surface area contributed by atoms with E-state index in [0.717, 1.165) is 43.4 Å². The molecule has 2 aliphatic rings. The van der Waals surface area contributed by atoms with Gasteiger partial charge in [0.05, 0.1) is 13.2 Å². The molecule has 6 heteroatoms. The summed E-state index contributed by atoms with van der Waals surface area (Å²) in [4.78, 5) is 19.7. The van der Waals surface area contributed by atoms with Crippen molar-refractivity contribution in [1.82, 2.24) is 9.97 Å². The summed E-state index contributed by atoms with van der Waals surface area (Å²) < 4.78 is 5.24. The normalized spacial score (nSPS) is 16.5. The van der Waals surface area contributed by atoms with Crippen molar-refractivity contribution in [2.45, 2.75) is 6.61 Å². The fourth-order valence-corrected chi connectivity index (χ4v) is 2.12. The van der Waals surface area contributed by atoms with Crippen molar-refractivity contribution in [2.24, 2.45) is 0 Å². The number of nitrogens with zero attached hydrogens (tertiary/aromatic N) is 3. The zero-order valence-corrected chi connectivity index (χ0v) is 11.6. The van der Waals surface area contributed by atoms with Gasteiger partial charge in [0.25, 0.3) is 0 Å². The molecular formula is C15H17N3O3. The van der Waals surface area contributed by atoms with Gasteiger partial charge in [-0.05, 0) is 12.1 Å². The summed E-state index contributed by atoms with van der Waals surface area (Å²) in [6, 6.07) is 9.69. The van der Waals surface area contributed by atoms with Gasteiger partial charge in [0, 0.05) is 24.8 Å². The molecule has 2 aromatic rings. The Morgan fingerprint density at radius 3 is 2.67 bits per heavy atom. The number of morpholine rings is 1. The van der Waals surface area contributed by atoms with Gasteiger partial charge in [0.1, 0.15) is 18.8 Å². The van der Waals surface area contributed by atoms with Crippen LogP contribution in [0.4, 0.5) is 5.82 Å². The van der Waals surface area contributed by atoms with Crippen molar-refractivity contribution >= 4 is 5.82 Å². The van der Waals surface area contributed by atoms with E-state index in [2.05, 4.69) is 14.9 Å². The maximum absolute atomic E-state index is 5.24. The number of rotatable bonds is 1. The van der Waals surface area contributed by atoms with Crippen LogP contribution in [0, 0.1) is 0 Å². The number of para-hydroxylation sites is 1. The van der Waals surface area contributed by atoms with E-state index < -0.39 is 0 Å². The van der Waals surface area contributed by atoms with Crippen molar-refractivity contribution < 1.29 is 14.5 Å². The SMILES string of the molecule is c1cc(N2CCOCC2)ncn1.c1ccc2c(c1)COO2. The third kappa shape index (κ3) is 3.68. The average Bonchev–Trinajstić information content (AvgIpc) is 3.06. The Bertz CT molecular complexity index is 536. The molecule has 1 fully saturated rings. The molecule has 0 bridgehead atoms. The third-order valence-corrected chi connectivity index (χ3v) is 3.24. The predicted molar refractivity (Wildman–Crippen MR) is 76.9 cm³/mol. The number of hydrogen-bond acceptors (Lipinski definition) is 6. The molecule has 21 heavy (non-hydrogen) atoms. The summed E-state index contributed by atoms with van der Waals surface area (Å²) in [7, 11) is 0. The zero-order valence-electron chi connectivity index (χ0n) is 11.6. The summed E-state index contributed by atoms with van der Waals surface area (Å²) in [6.45, 7) is 4.03. The average molecular weight is 287 g/mol. The molecular weight excluding hydrogens is 270 g/mol. The van der Waals surface area contributed by atoms with Crippen LogP contribution in [-0.4, -0.2) is 36.3 Å². The lowest BCUT2D eigenvalue weighted by Crippen LogP contribution is -2.36. The van der Waals surface area contributed by atoms with Gasteiger partial charge in [0.15, 0.2) is 5.75 Å². The molecule has 2 aliphatic heterocycles. The smallest absolute Gasteiger partial charge is 0.171 e. The van der Waals surface area contributed by atoms with E-state index in [1.807, 2.05) is 30.3 Å². The highest BCUT2D eigenvalue weighted by atomic mass is 17.2. The molecule has 1 aromatic carbocycles. The van der Waals surface area contributed by atoms with Crippen LogP contribution in [0.5, 0.6) is 5.75 Å². The minimum Gasteiger partial charge on any atom is -0.378 e. The van der Waals surface area contributed by atoms with Gasteiger partial charge >= 0.3 is 0 Å². The standard InChI is InChI=1S/C8H11N3O.C7H6O2/c1-2-9-7-10-8(1)11-3-5-12-6-4-11;1-2-4-7-6(3-1)5-8-9-7/h1-2,7H,3-6H2;1-4H,5H2. The summed E-state index contributed by atoms with van der Waals surface area (Å²) in [5.74, 6) is 1.84. The highest BCUT2D eigenvalue weighted by Crippen LogP contribution is 2.24. The first-order valence-electron chi connectivity index (χ1n) is 6.89. The van der Waals surface area contributed by atoms with Crippen LogP contribution in [-0.2, 0) is 16.2 Å². The molecule has 3 heterocycles. The van der Waals surface area contributed by atoms with Gasteiger partial charge in [-0.25, -0.2) is 9.97 Å². The number of fused-ring (bicyclic) bond motifs is 1. The maximum atomic E-state index is 5.24. The van der Waals surface area contributed by atoms with Crippen LogP contribution in [0.25, 0.3) is 0 Å². The van der Waals surface area contributed by atoms with Crippen molar-refractivity contribution in [3.63, 3.8) is 0 Å². The Labute approximate surface area is 123 Å². The lowest BCUT2D eigenvalue weighted by Gasteiger charge is -2.27. The quantitative estimate of drug-likeness (QED) is 0.746. The fourth-order valence-electron chi connectivity index (χ4n) is 2.12. The third-order valence-electron chi connectivity index (χ3n) is 3.24. The van der Waals surface area contributed by atoms with Gasteiger partial charge in [-0.15, -0.1) is 0 Å². The van der Waals surface area contributed by atoms with E-state index in [-0.39, 0.29) is 0 Å². The summed E-state index contributed by atoms with van der Waals surface area (Å²) >= 11 is 0. The first-order valence-corrected chi connectivity index (χ1v) is 6.89. The first kappa shape index (κ1) is 13.8. The monoisotopic (exact) mass is 287 g/mol. The van der Waals surface area contributed by atoms with Crippen LogP contribution in [0.2, 0.25) is 0 Å². The Hall–Kier alpha value is -2.18. The zero-order chi connectivity index (χ0) is 14.3. The van der Waals surface area contributed by atoms with Crippen LogP contribution in [0.3, 0.4) is 0 Å². The van der Waals surface area contributed by atoms with E-state index in [0.29, 0.717) is 6.61 Å². The fraction of sp³-hybridized carbons (Fsp3) is 0.333. The summed E-state index contributed by atoms with van der Waals surface area (Å²) in [6.07, 6.45) is 3.34. The Balaban J connectivity index is 0.000000131. The van der Waals surface area contributed by atoms with Crippen LogP contribution in [0.1, 0.15) is 5.56 Å². The van der Waals surface area contributed by atoms with E-state index in [1.165, 1.54) is 0 Å². The lowest BCUT2D eigenvalue weighted by atomic mass is 10.2. The van der Waals surface area contributed by atoms with Gasteiger partial charge in [-0.1, -0.05) is 18.2 Å². The molecule has 6 nitrogen and oxygen atoms in total. The highest BCUT2D eigenvalue weighted by molar-refractivity contribution is 5.36. The molecule has 1 saturated heterocycles. The summed E-state index contributed by atoms with van der Waals surface area (Å²) in [5.41, 5.74) is 1.12. The Morgan fingerprint density at radius 1 is 1.05 bits per heavy atom.